The van der Waals surface area contributed by atoms with E-state index in [1.807, 2.05) is 11.0 Å². The Morgan fingerprint density at radius 3 is 2.62 bits per heavy atom. The Morgan fingerprint density at radius 1 is 1.07 bits per heavy atom. The molecule has 1 aliphatic heterocycles. The Kier molecular flexibility index (Phi) is 7.82. The van der Waals surface area contributed by atoms with Gasteiger partial charge in [0, 0.05) is 44.4 Å². The number of nitrogens with zero attached hydrogens (tertiary/aromatic N) is 4. The molecule has 202 valence electrons. The number of hydrogen-bond acceptors (Lipinski definition) is 6. The van der Waals surface area contributed by atoms with Crippen LogP contribution in [0.1, 0.15) is 34.5 Å². The number of carbonyl (C=O) groups excluding carboxylic acids is 1. The normalized spacial score (nSPS) is 13.5. The van der Waals surface area contributed by atoms with Crippen LogP contribution in [0.4, 0.5) is 20.2 Å². The van der Waals surface area contributed by atoms with Crippen LogP contribution in [0.3, 0.4) is 0 Å². The first-order chi connectivity index (χ1) is 19.4. The molecule has 8 nitrogen and oxygen atoms in total. The molecule has 5 rings (SSSR count). The molecule has 1 amide bonds. The van der Waals surface area contributed by atoms with E-state index >= 15 is 0 Å². The van der Waals surface area contributed by atoms with Gasteiger partial charge in [-0.1, -0.05) is 6.07 Å². The number of pyridine rings is 2. The van der Waals surface area contributed by atoms with E-state index in [1.165, 1.54) is 16.7 Å². The number of ether oxygens (including phenoxy) is 1. The van der Waals surface area contributed by atoms with Gasteiger partial charge in [0.15, 0.2) is 11.6 Å². The monoisotopic (exact) mass is 541 g/mol. The van der Waals surface area contributed by atoms with Gasteiger partial charge in [0.25, 0.3) is 11.5 Å². The highest BCUT2D eigenvalue weighted by molar-refractivity contribution is 6.05. The van der Waals surface area contributed by atoms with Crippen LogP contribution in [0.2, 0.25) is 0 Å². The molecule has 0 bridgehead atoms. The zero-order valence-electron chi connectivity index (χ0n) is 21.4. The molecule has 0 spiro atoms. The van der Waals surface area contributed by atoms with Gasteiger partial charge in [0.1, 0.15) is 17.5 Å². The Morgan fingerprint density at radius 2 is 1.90 bits per heavy atom. The summed E-state index contributed by atoms with van der Waals surface area (Å²) in [4.78, 5) is 32.6. The van der Waals surface area contributed by atoms with Crippen molar-refractivity contribution in [2.75, 3.05) is 23.3 Å². The number of benzene rings is 2. The summed E-state index contributed by atoms with van der Waals surface area (Å²) in [7, 11) is 0. The fraction of sp³-hybridized carbons (Fsp3) is 0.200. The van der Waals surface area contributed by atoms with Crippen LogP contribution in [0.15, 0.2) is 83.9 Å². The number of piperidine rings is 1. The Bertz CT molecular complexity index is 1630. The largest absolute Gasteiger partial charge is 0.487 e. The smallest absolute Gasteiger partial charge is 0.263 e. The predicted octanol–water partition coefficient (Wildman–Crippen LogP) is 4.74. The number of halogens is 2. The molecule has 1 N–H and O–H groups in total. The van der Waals surface area contributed by atoms with Crippen LogP contribution in [0, 0.1) is 23.0 Å². The van der Waals surface area contributed by atoms with Gasteiger partial charge in [-0.3, -0.25) is 14.6 Å². The minimum atomic E-state index is -0.750. The van der Waals surface area contributed by atoms with Crippen molar-refractivity contribution in [2.24, 2.45) is 0 Å². The summed E-state index contributed by atoms with van der Waals surface area (Å²) in [5.74, 6) is -2.01. The van der Waals surface area contributed by atoms with Crippen molar-refractivity contribution in [2.45, 2.75) is 25.5 Å². The van der Waals surface area contributed by atoms with Crippen LogP contribution in [-0.4, -0.2) is 34.7 Å². The number of rotatable bonds is 7. The molecule has 2 aromatic heterocycles. The lowest BCUT2D eigenvalue weighted by atomic mass is 10.1. The molecule has 4 aromatic rings. The molecule has 0 aliphatic carbocycles. The summed E-state index contributed by atoms with van der Waals surface area (Å²) in [6.45, 7) is 1.28. The van der Waals surface area contributed by atoms with Gasteiger partial charge in [-0.25, -0.2) is 8.78 Å². The van der Waals surface area contributed by atoms with Crippen LogP contribution < -0.4 is 20.5 Å². The highest BCUT2D eigenvalue weighted by Gasteiger charge is 2.24. The van der Waals surface area contributed by atoms with Gasteiger partial charge in [-0.2, -0.15) is 5.26 Å². The van der Waals surface area contributed by atoms with Gasteiger partial charge >= 0.3 is 0 Å². The zero-order chi connectivity index (χ0) is 28.1. The highest BCUT2D eigenvalue weighted by Crippen LogP contribution is 2.31. The van der Waals surface area contributed by atoms with Gasteiger partial charge in [0.05, 0.1) is 35.2 Å². The van der Waals surface area contributed by atoms with Gasteiger partial charge in [0.2, 0.25) is 0 Å². The van der Waals surface area contributed by atoms with Gasteiger partial charge in [-0.05, 0) is 54.6 Å². The number of nitrogens with one attached hydrogen (secondary N) is 1. The highest BCUT2D eigenvalue weighted by atomic mass is 19.1. The Balaban J connectivity index is 1.32. The topological polar surface area (TPSA) is 100 Å². The second-order valence-corrected chi connectivity index (χ2v) is 9.35. The predicted molar refractivity (Wildman–Crippen MR) is 145 cm³/mol. The molecule has 0 atom stereocenters. The molecular weight excluding hydrogens is 516 g/mol. The van der Waals surface area contributed by atoms with E-state index in [0.29, 0.717) is 48.6 Å². The van der Waals surface area contributed by atoms with Crippen molar-refractivity contribution in [1.82, 2.24) is 9.55 Å². The molecule has 0 unspecified atom stereocenters. The molecule has 0 radical (unpaired) electrons. The number of nitriles is 1. The molecule has 1 saturated heterocycles. The first kappa shape index (κ1) is 26.6. The third-order valence-electron chi connectivity index (χ3n) is 6.67. The number of anilines is 2. The van der Waals surface area contributed by atoms with Crippen molar-refractivity contribution >= 4 is 17.3 Å². The first-order valence-corrected chi connectivity index (χ1v) is 12.7. The van der Waals surface area contributed by atoms with E-state index < -0.39 is 23.1 Å². The molecule has 1 fully saturated rings. The van der Waals surface area contributed by atoms with Crippen molar-refractivity contribution < 1.29 is 18.3 Å². The van der Waals surface area contributed by atoms with E-state index in [2.05, 4.69) is 16.4 Å². The quantitative estimate of drug-likeness (QED) is 0.363. The third-order valence-corrected chi connectivity index (χ3v) is 6.67. The minimum Gasteiger partial charge on any atom is -0.487 e. The van der Waals surface area contributed by atoms with Crippen LogP contribution in [-0.2, 0) is 6.54 Å². The SMILES string of the molecule is N#Cc1ccc(N2CCC(Oc3ccc(F)cc3F)CC2)c(NC(=O)c2cccn(Cc3ccccn3)c2=O)c1. The van der Waals surface area contributed by atoms with E-state index in [-0.39, 0.29) is 24.0 Å². The number of amides is 1. The summed E-state index contributed by atoms with van der Waals surface area (Å²) in [6.07, 6.45) is 4.08. The minimum absolute atomic E-state index is 0.00254. The maximum absolute atomic E-state index is 14.0. The van der Waals surface area contributed by atoms with Crippen molar-refractivity contribution in [3.63, 3.8) is 0 Å². The summed E-state index contributed by atoms with van der Waals surface area (Å²) in [5, 5.41) is 12.3. The second kappa shape index (κ2) is 11.8. The van der Waals surface area contributed by atoms with E-state index in [1.54, 1.807) is 48.8 Å². The van der Waals surface area contributed by atoms with Crippen molar-refractivity contribution in [1.29, 1.82) is 5.26 Å². The Hall–Kier alpha value is -5.04. The zero-order valence-corrected chi connectivity index (χ0v) is 21.4. The van der Waals surface area contributed by atoms with Crippen LogP contribution in [0.25, 0.3) is 0 Å². The van der Waals surface area contributed by atoms with Crippen LogP contribution >= 0.6 is 0 Å². The van der Waals surface area contributed by atoms with Crippen molar-refractivity contribution in [3.05, 3.63) is 118 Å². The summed E-state index contributed by atoms with van der Waals surface area (Å²) in [6, 6.07) is 18.7. The lowest BCUT2D eigenvalue weighted by Gasteiger charge is -2.34. The van der Waals surface area contributed by atoms with Gasteiger partial charge < -0.3 is 19.5 Å². The fourth-order valence-electron chi connectivity index (χ4n) is 4.64. The van der Waals surface area contributed by atoms with Crippen molar-refractivity contribution in [3.8, 4) is 11.8 Å². The molecule has 10 heteroatoms. The van der Waals surface area contributed by atoms with E-state index in [9.17, 15) is 23.6 Å². The van der Waals surface area contributed by atoms with E-state index in [0.717, 1.165) is 12.1 Å². The number of aromatic nitrogens is 2. The summed E-state index contributed by atoms with van der Waals surface area (Å²) in [5.41, 5.74) is 1.61. The average molecular weight is 542 g/mol. The lowest BCUT2D eigenvalue weighted by molar-refractivity contribution is 0.102. The first-order valence-electron chi connectivity index (χ1n) is 12.7. The third kappa shape index (κ3) is 5.99. The fourth-order valence-corrected chi connectivity index (χ4v) is 4.64. The van der Waals surface area contributed by atoms with E-state index in [4.69, 9.17) is 4.74 Å². The maximum Gasteiger partial charge on any atom is 0.263 e. The standard InChI is InChI=1S/C30H25F2N5O3/c31-21-7-9-28(25(32)17-21)40-23-10-14-36(15-11-23)27-8-6-20(18-33)16-26(27)35-29(38)24-5-3-13-37(30(24)39)19-22-4-1-2-12-34-22/h1-9,12-13,16-17,23H,10-11,14-15,19H2,(H,35,38). The molecule has 40 heavy (non-hydrogen) atoms. The second-order valence-electron chi connectivity index (χ2n) is 9.35. The maximum atomic E-state index is 14.0. The molecule has 0 saturated carbocycles. The molecule has 3 heterocycles. The number of carbonyl (C=O) groups is 1. The van der Waals surface area contributed by atoms with Crippen LogP contribution in [0.5, 0.6) is 5.75 Å². The number of hydrogen-bond donors (Lipinski definition) is 1. The average Bonchev–Trinajstić information content (AvgIpc) is 2.96. The lowest BCUT2D eigenvalue weighted by Crippen LogP contribution is -2.39. The van der Waals surface area contributed by atoms with Gasteiger partial charge in [-0.15, -0.1) is 0 Å². The molecule has 2 aromatic carbocycles. The Labute approximate surface area is 229 Å². The summed E-state index contributed by atoms with van der Waals surface area (Å²) >= 11 is 0. The molecular formula is C30H25F2N5O3. The summed E-state index contributed by atoms with van der Waals surface area (Å²) < 4.78 is 34.4. The molecule has 1 aliphatic rings.